The van der Waals surface area contributed by atoms with Gasteiger partial charge in [0.25, 0.3) is 0 Å². The Hall–Kier alpha value is -1.89. The molecule has 0 aliphatic carbocycles. The minimum atomic E-state index is -0.436. The van der Waals surface area contributed by atoms with Crippen molar-refractivity contribution in [2.24, 2.45) is 11.3 Å². The first-order valence-corrected chi connectivity index (χ1v) is 6.03. The van der Waals surface area contributed by atoms with Crippen molar-refractivity contribution in [2.45, 2.75) is 33.7 Å². The van der Waals surface area contributed by atoms with E-state index in [0.717, 1.165) is 0 Å². The van der Waals surface area contributed by atoms with Crippen molar-refractivity contribution in [1.29, 1.82) is 0 Å². The van der Waals surface area contributed by atoms with Crippen LogP contribution in [-0.2, 0) is 0 Å². The number of hydrazine groups is 1. The number of anilines is 2. The van der Waals surface area contributed by atoms with E-state index in [1.54, 1.807) is 11.9 Å². The van der Waals surface area contributed by atoms with Gasteiger partial charge in [-0.1, -0.05) is 20.8 Å². The molecule has 0 aliphatic rings. The summed E-state index contributed by atoms with van der Waals surface area (Å²) in [6, 6.07) is 2.97. The van der Waals surface area contributed by atoms with Gasteiger partial charge < -0.3 is 10.3 Å². The molecule has 106 valence electrons. The van der Waals surface area contributed by atoms with E-state index < -0.39 is 4.92 Å². The molecular weight excluding hydrogens is 246 g/mol. The maximum atomic E-state index is 11.1. The van der Waals surface area contributed by atoms with Crippen molar-refractivity contribution in [3.8, 4) is 0 Å². The van der Waals surface area contributed by atoms with Gasteiger partial charge >= 0.3 is 5.69 Å². The first kappa shape index (κ1) is 15.2. The van der Waals surface area contributed by atoms with Crippen LogP contribution in [0.15, 0.2) is 12.1 Å². The normalized spacial score (nSPS) is 12.9. The highest BCUT2D eigenvalue weighted by Gasteiger charge is 2.29. The summed E-state index contributed by atoms with van der Waals surface area (Å²) in [4.78, 5) is 16.6. The first-order valence-electron chi connectivity index (χ1n) is 6.03. The molecule has 0 amide bonds. The molecule has 1 atom stereocenters. The van der Waals surface area contributed by atoms with Crippen molar-refractivity contribution < 1.29 is 4.92 Å². The number of nitrogens with two attached hydrogens (primary N) is 1. The zero-order valence-electron chi connectivity index (χ0n) is 12.0. The SMILES string of the molecule is CC(N(C)c1nc(NN)ccc1[N+](=O)[O-])C(C)(C)C. The van der Waals surface area contributed by atoms with Crippen molar-refractivity contribution in [3.05, 3.63) is 22.2 Å². The lowest BCUT2D eigenvalue weighted by Crippen LogP contribution is -2.40. The van der Waals surface area contributed by atoms with Gasteiger partial charge in [-0.25, -0.2) is 10.8 Å². The summed E-state index contributed by atoms with van der Waals surface area (Å²) in [7, 11) is 1.80. The van der Waals surface area contributed by atoms with Crippen LogP contribution in [0.2, 0.25) is 0 Å². The third kappa shape index (κ3) is 3.31. The number of nitrogens with one attached hydrogen (secondary N) is 1. The third-order valence-electron chi connectivity index (χ3n) is 3.37. The predicted octanol–water partition coefficient (Wildman–Crippen LogP) is 2.15. The van der Waals surface area contributed by atoms with Crippen molar-refractivity contribution in [2.75, 3.05) is 17.4 Å². The summed E-state index contributed by atoms with van der Waals surface area (Å²) in [6.45, 7) is 8.23. The van der Waals surface area contributed by atoms with Gasteiger partial charge in [0.05, 0.1) is 4.92 Å². The predicted molar refractivity (Wildman–Crippen MR) is 76.0 cm³/mol. The van der Waals surface area contributed by atoms with Gasteiger partial charge in [-0.3, -0.25) is 10.1 Å². The van der Waals surface area contributed by atoms with Crippen molar-refractivity contribution >= 4 is 17.3 Å². The standard InChI is InChI=1S/C12H21N5O2/c1-8(12(2,3)4)16(5)11-9(17(18)19)6-7-10(14-11)15-13/h6-8H,13H2,1-5H3,(H,14,15). The second-order valence-electron chi connectivity index (χ2n) is 5.59. The average Bonchev–Trinajstić information content (AvgIpc) is 2.34. The number of aromatic nitrogens is 1. The van der Waals surface area contributed by atoms with Gasteiger partial charge in [-0.05, 0) is 18.4 Å². The molecule has 3 N–H and O–H groups in total. The first-order chi connectivity index (χ1) is 8.68. The number of nitrogens with zero attached hydrogens (tertiary/aromatic N) is 3. The Morgan fingerprint density at radius 2 is 2.05 bits per heavy atom. The molecule has 0 aromatic carbocycles. The van der Waals surface area contributed by atoms with Crippen LogP contribution in [0.3, 0.4) is 0 Å². The molecule has 1 unspecified atom stereocenters. The zero-order valence-corrected chi connectivity index (χ0v) is 12.0. The third-order valence-corrected chi connectivity index (χ3v) is 3.37. The highest BCUT2D eigenvalue weighted by Crippen LogP contribution is 2.32. The Labute approximate surface area is 112 Å². The zero-order chi connectivity index (χ0) is 14.8. The highest BCUT2D eigenvalue weighted by molar-refractivity contribution is 5.61. The van der Waals surface area contributed by atoms with E-state index in [4.69, 9.17) is 5.84 Å². The van der Waals surface area contributed by atoms with Gasteiger partial charge in [-0.15, -0.1) is 0 Å². The van der Waals surface area contributed by atoms with Gasteiger partial charge in [0.2, 0.25) is 5.82 Å². The van der Waals surface area contributed by atoms with E-state index in [1.165, 1.54) is 12.1 Å². The van der Waals surface area contributed by atoms with Crippen molar-refractivity contribution in [3.63, 3.8) is 0 Å². The fourth-order valence-corrected chi connectivity index (χ4v) is 1.69. The topological polar surface area (TPSA) is 97.3 Å². The van der Waals surface area contributed by atoms with Crippen LogP contribution in [0, 0.1) is 15.5 Å². The molecule has 0 bridgehead atoms. The number of nitro groups is 1. The summed E-state index contributed by atoms with van der Waals surface area (Å²) >= 11 is 0. The number of rotatable bonds is 4. The van der Waals surface area contributed by atoms with Crippen LogP contribution in [0.4, 0.5) is 17.3 Å². The molecule has 7 nitrogen and oxygen atoms in total. The molecule has 7 heteroatoms. The Balaban J connectivity index is 3.26. The second-order valence-corrected chi connectivity index (χ2v) is 5.59. The molecule has 1 heterocycles. The van der Waals surface area contributed by atoms with Crippen molar-refractivity contribution in [1.82, 2.24) is 4.98 Å². The maximum Gasteiger partial charge on any atom is 0.311 e. The largest absolute Gasteiger partial charge is 0.351 e. The summed E-state index contributed by atoms with van der Waals surface area (Å²) in [5, 5.41) is 11.1. The van der Waals surface area contributed by atoms with E-state index in [1.807, 2.05) is 6.92 Å². The summed E-state index contributed by atoms with van der Waals surface area (Å²) in [6.07, 6.45) is 0. The lowest BCUT2D eigenvalue weighted by Gasteiger charge is -2.35. The molecule has 0 radical (unpaired) electrons. The van der Waals surface area contributed by atoms with Gasteiger partial charge in [0.15, 0.2) is 0 Å². The lowest BCUT2D eigenvalue weighted by molar-refractivity contribution is -0.384. The Kier molecular flexibility index (Phi) is 4.31. The van der Waals surface area contributed by atoms with Crippen LogP contribution in [0.25, 0.3) is 0 Å². The summed E-state index contributed by atoms with van der Waals surface area (Å²) in [5.41, 5.74) is 2.34. The van der Waals surface area contributed by atoms with Crippen LogP contribution in [-0.4, -0.2) is 23.0 Å². The van der Waals surface area contributed by atoms with Gasteiger partial charge in [0, 0.05) is 19.2 Å². The second kappa shape index (κ2) is 5.40. The van der Waals surface area contributed by atoms with Crippen LogP contribution < -0.4 is 16.2 Å². The molecule has 0 aliphatic heterocycles. The maximum absolute atomic E-state index is 11.1. The van der Waals surface area contributed by atoms with Crippen LogP contribution in [0.1, 0.15) is 27.7 Å². The smallest absolute Gasteiger partial charge is 0.311 e. The molecule has 1 aromatic rings. The minimum Gasteiger partial charge on any atom is -0.351 e. The van der Waals surface area contributed by atoms with Crippen LogP contribution in [0.5, 0.6) is 0 Å². The van der Waals surface area contributed by atoms with Gasteiger partial charge in [-0.2, -0.15) is 0 Å². The molecule has 0 saturated carbocycles. The molecule has 0 fully saturated rings. The van der Waals surface area contributed by atoms with E-state index >= 15 is 0 Å². The Morgan fingerprint density at radius 1 is 1.47 bits per heavy atom. The fourth-order valence-electron chi connectivity index (χ4n) is 1.69. The minimum absolute atomic E-state index is 0.0300. The quantitative estimate of drug-likeness (QED) is 0.493. The molecular formula is C12H21N5O2. The van der Waals surface area contributed by atoms with E-state index in [9.17, 15) is 10.1 Å². The Bertz CT molecular complexity index is 470. The molecule has 1 aromatic heterocycles. The number of hydrogen-bond donors (Lipinski definition) is 2. The Morgan fingerprint density at radius 3 is 2.47 bits per heavy atom. The van der Waals surface area contributed by atoms with E-state index in [2.05, 4.69) is 31.2 Å². The summed E-state index contributed by atoms with van der Waals surface area (Å²) in [5.74, 6) is 6.01. The molecule has 19 heavy (non-hydrogen) atoms. The summed E-state index contributed by atoms with van der Waals surface area (Å²) < 4.78 is 0. The fraction of sp³-hybridized carbons (Fsp3) is 0.583. The van der Waals surface area contributed by atoms with Crippen LogP contribution >= 0.6 is 0 Å². The van der Waals surface area contributed by atoms with E-state index in [-0.39, 0.29) is 17.1 Å². The average molecular weight is 267 g/mol. The molecule has 1 rings (SSSR count). The number of hydrogen-bond acceptors (Lipinski definition) is 6. The highest BCUT2D eigenvalue weighted by atomic mass is 16.6. The number of nitrogen functional groups attached to an aromatic ring is 1. The lowest BCUT2D eigenvalue weighted by atomic mass is 9.87. The van der Waals surface area contributed by atoms with E-state index in [0.29, 0.717) is 11.6 Å². The van der Waals surface area contributed by atoms with Gasteiger partial charge in [0.1, 0.15) is 5.82 Å². The number of pyridine rings is 1. The molecule has 0 spiro atoms. The monoisotopic (exact) mass is 267 g/mol. The molecule has 0 saturated heterocycles.